The molecule has 0 aliphatic carbocycles. The Bertz CT molecular complexity index is 964. The number of carbonyl (C=O) groups excluding carboxylic acids is 1. The van der Waals surface area contributed by atoms with Crippen LogP contribution in [0.15, 0.2) is 42.0 Å². The van der Waals surface area contributed by atoms with Gasteiger partial charge in [0.2, 0.25) is 0 Å². The highest BCUT2D eigenvalue weighted by molar-refractivity contribution is 6.06. The second-order valence-corrected chi connectivity index (χ2v) is 7.58. The molecule has 2 aromatic rings. The Hall–Kier alpha value is -2.72. The average molecular weight is 423 g/mol. The molecule has 1 aliphatic rings. The molecule has 2 aromatic carbocycles. The molecule has 0 amide bonds. The Morgan fingerprint density at radius 1 is 1.19 bits per heavy atom. The fourth-order valence-corrected chi connectivity index (χ4v) is 3.70. The number of anilines is 1. The first-order valence-electron chi connectivity index (χ1n) is 10.9. The molecule has 1 fully saturated rings. The van der Waals surface area contributed by atoms with Crippen molar-refractivity contribution in [3.63, 3.8) is 0 Å². The number of hydrogen-bond acceptors (Lipinski definition) is 6. The molecule has 3 rings (SSSR count). The van der Waals surface area contributed by atoms with Gasteiger partial charge in [0.25, 0.3) is 0 Å². The summed E-state index contributed by atoms with van der Waals surface area (Å²) in [6.07, 6.45) is 3.62. The van der Waals surface area contributed by atoms with E-state index in [2.05, 4.69) is 30.0 Å². The number of ether oxygens (including phenoxy) is 2. The van der Waals surface area contributed by atoms with Gasteiger partial charge in [0.05, 0.1) is 37.7 Å². The fraction of sp³-hybridized carbons (Fsp3) is 0.440. The molecule has 1 unspecified atom stereocenters. The summed E-state index contributed by atoms with van der Waals surface area (Å²) in [5.41, 5.74) is 2.20. The lowest BCUT2D eigenvalue weighted by molar-refractivity contribution is -0.115. The topological polar surface area (TPSA) is 82.6 Å². The Kier molecular flexibility index (Phi) is 8.60. The molecule has 0 bridgehead atoms. The molecule has 0 spiro atoms. The number of allylic oxidation sites excluding steroid dienone is 1. The maximum Gasteiger partial charge on any atom is 0.173 e. The average Bonchev–Trinajstić information content (AvgIpc) is 3.58. The zero-order valence-corrected chi connectivity index (χ0v) is 18.0. The van der Waals surface area contributed by atoms with E-state index in [0.717, 1.165) is 35.0 Å². The third-order valence-corrected chi connectivity index (χ3v) is 5.43. The lowest BCUT2D eigenvalue weighted by Gasteiger charge is -2.14. The summed E-state index contributed by atoms with van der Waals surface area (Å²) in [4.78, 5) is 15.0. The predicted octanol–water partition coefficient (Wildman–Crippen LogP) is 3.72. The summed E-state index contributed by atoms with van der Waals surface area (Å²) in [6, 6.07) is 14.9. The molecule has 0 radical (unpaired) electrons. The molecule has 31 heavy (non-hydrogen) atoms. The van der Waals surface area contributed by atoms with Gasteiger partial charge in [0, 0.05) is 31.0 Å². The normalized spacial score (nSPS) is 15.8. The number of hydrogen-bond donors (Lipinski definition) is 1. The number of rotatable bonds is 13. The minimum atomic E-state index is -0.167. The van der Waals surface area contributed by atoms with Crippen LogP contribution >= 0.6 is 0 Å². The van der Waals surface area contributed by atoms with Crippen molar-refractivity contribution in [3.05, 3.63) is 47.5 Å². The molecule has 6 heteroatoms. The third-order valence-electron chi connectivity index (χ3n) is 5.43. The van der Waals surface area contributed by atoms with E-state index < -0.39 is 0 Å². The molecule has 0 saturated carbocycles. The second-order valence-electron chi connectivity index (χ2n) is 7.58. The monoisotopic (exact) mass is 422 g/mol. The highest BCUT2D eigenvalue weighted by Crippen LogP contribution is 2.39. The van der Waals surface area contributed by atoms with Gasteiger partial charge >= 0.3 is 0 Å². The van der Waals surface area contributed by atoms with E-state index in [1.54, 1.807) is 6.08 Å². The molecular formula is C25H30N2O4. The summed E-state index contributed by atoms with van der Waals surface area (Å²) in [6.45, 7) is 4.73. The van der Waals surface area contributed by atoms with Crippen molar-refractivity contribution in [2.75, 3.05) is 44.5 Å². The first kappa shape index (κ1) is 23.0. The quantitative estimate of drug-likeness (QED) is 0.229. The summed E-state index contributed by atoms with van der Waals surface area (Å²) >= 11 is 0. The molecule has 1 N–H and O–H groups in total. The maximum absolute atomic E-state index is 12.6. The Balaban J connectivity index is 1.67. The van der Waals surface area contributed by atoms with Crippen LogP contribution in [-0.2, 0) is 14.3 Å². The molecule has 1 heterocycles. The summed E-state index contributed by atoms with van der Waals surface area (Å²) in [5, 5.41) is 20.6. The summed E-state index contributed by atoms with van der Waals surface area (Å²) < 4.78 is 10.5. The Morgan fingerprint density at radius 3 is 2.68 bits per heavy atom. The molecule has 164 valence electrons. The Labute approximate surface area is 183 Å². The van der Waals surface area contributed by atoms with Gasteiger partial charge in [-0.15, -0.1) is 0 Å². The van der Waals surface area contributed by atoms with Crippen LogP contribution in [0.3, 0.4) is 0 Å². The number of aliphatic hydroxyl groups excluding tert-OH is 1. The fourth-order valence-electron chi connectivity index (χ4n) is 3.70. The van der Waals surface area contributed by atoms with Gasteiger partial charge in [-0.05, 0) is 29.9 Å². The molecule has 1 atom stereocenters. The minimum Gasteiger partial charge on any atom is -0.394 e. The molecular weight excluding hydrogens is 392 g/mol. The number of carbonyl (C=O) groups is 1. The SMILES string of the molecule is CCC1CN1c1c(/C=C(\C#N)C(=O)CCCOCCOCCO)ccc2ccccc12. The van der Waals surface area contributed by atoms with E-state index in [9.17, 15) is 10.1 Å². The zero-order valence-electron chi connectivity index (χ0n) is 18.0. The van der Waals surface area contributed by atoms with Gasteiger partial charge in [-0.2, -0.15) is 5.26 Å². The van der Waals surface area contributed by atoms with Gasteiger partial charge in [-0.3, -0.25) is 4.79 Å². The van der Waals surface area contributed by atoms with Crippen LogP contribution in [-0.4, -0.2) is 56.5 Å². The number of nitrogens with zero attached hydrogens (tertiary/aromatic N) is 2. The van der Waals surface area contributed by atoms with Crippen molar-refractivity contribution in [1.29, 1.82) is 5.26 Å². The van der Waals surface area contributed by atoms with E-state index in [4.69, 9.17) is 14.6 Å². The van der Waals surface area contributed by atoms with E-state index in [-0.39, 0.29) is 24.4 Å². The summed E-state index contributed by atoms with van der Waals surface area (Å²) in [5.74, 6) is -0.167. The highest BCUT2D eigenvalue weighted by atomic mass is 16.5. The largest absolute Gasteiger partial charge is 0.394 e. The van der Waals surface area contributed by atoms with Gasteiger partial charge in [-0.25, -0.2) is 0 Å². The number of Topliss-reactive ketones (excluding diaryl/α,β-unsaturated/α-hetero) is 1. The van der Waals surface area contributed by atoms with E-state index >= 15 is 0 Å². The lowest BCUT2D eigenvalue weighted by Crippen LogP contribution is -2.09. The van der Waals surface area contributed by atoms with Crippen molar-refractivity contribution < 1.29 is 19.4 Å². The van der Waals surface area contributed by atoms with E-state index in [1.165, 1.54) is 0 Å². The summed E-state index contributed by atoms with van der Waals surface area (Å²) in [7, 11) is 0. The van der Waals surface area contributed by atoms with Crippen LogP contribution in [0.1, 0.15) is 31.7 Å². The van der Waals surface area contributed by atoms with Crippen LogP contribution in [0.25, 0.3) is 16.8 Å². The molecule has 1 saturated heterocycles. The van der Waals surface area contributed by atoms with Gasteiger partial charge < -0.3 is 19.5 Å². The van der Waals surface area contributed by atoms with Crippen molar-refractivity contribution in [2.24, 2.45) is 0 Å². The lowest BCUT2D eigenvalue weighted by atomic mass is 9.99. The van der Waals surface area contributed by atoms with Gasteiger partial charge in [0.15, 0.2) is 5.78 Å². The molecule has 0 aromatic heterocycles. The second kappa shape index (κ2) is 11.6. The first-order chi connectivity index (χ1) is 15.2. The van der Waals surface area contributed by atoms with Gasteiger partial charge in [0.1, 0.15) is 6.07 Å². The zero-order chi connectivity index (χ0) is 22.1. The smallest absolute Gasteiger partial charge is 0.173 e. The highest BCUT2D eigenvalue weighted by Gasteiger charge is 2.34. The standard InChI is InChI=1S/C25H30N2O4/c1-2-22-18-27(22)25-20(10-9-19-6-3-4-7-23(19)25)16-21(17-26)24(29)8-5-12-30-14-15-31-13-11-28/h3-4,6-7,9-10,16,22,28H,2,5,8,11-15,18H2,1H3/b21-16+. The van der Waals surface area contributed by atoms with E-state index in [1.807, 2.05) is 24.3 Å². The number of ketones is 1. The number of benzene rings is 2. The van der Waals surface area contributed by atoms with E-state index in [0.29, 0.717) is 38.9 Å². The number of aliphatic hydroxyl groups is 1. The van der Waals surface area contributed by atoms with Crippen LogP contribution in [0.2, 0.25) is 0 Å². The first-order valence-corrected chi connectivity index (χ1v) is 10.9. The molecule has 1 aliphatic heterocycles. The van der Waals surface area contributed by atoms with Crippen molar-refractivity contribution >= 4 is 28.3 Å². The van der Waals surface area contributed by atoms with Crippen molar-refractivity contribution in [3.8, 4) is 6.07 Å². The molecule has 6 nitrogen and oxygen atoms in total. The number of fused-ring (bicyclic) bond motifs is 1. The minimum absolute atomic E-state index is 0.00639. The van der Waals surface area contributed by atoms with Crippen LogP contribution < -0.4 is 4.90 Å². The third kappa shape index (κ3) is 6.14. The predicted molar refractivity (Wildman–Crippen MR) is 122 cm³/mol. The Morgan fingerprint density at radius 2 is 1.97 bits per heavy atom. The maximum atomic E-state index is 12.6. The number of nitriles is 1. The van der Waals surface area contributed by atoms with Crippen molar-refractivity contribution in [1.82, 2.24) is 0 Å². The van der Waals surface area contributed by atoms with Crippen LogP contribution in [0.4, 0.5) is 5.69 Å². The van der Waals surface area contributed by atoms with Crippen molar-refractivity contribution in [2.45, 2.75) is 32.2 Å². The van der Waals surface area contributed by atoms with Crippen LogP contribution in [0.5, 0.6) is 0 Å². The van der Waals surface area contributed by atoms with Gasteiger partial charge in [-0.1, -0.05) is 43.3 Å². The van der Waals surface area contributed by atoms with Crippen LogP contribution in [0, 0.1) is 11.3 Å².